The van der Waals surface area contributed by atoms with Crippen LogP contribution in [-0.4, -0.2) is 35.0 Å². The Hall–Kier alpha value is -1.88. The Morgan fingerprint density at radius 2 is 2.13 bits per heavy atom. The van der Waals surface area contributed by atoms with Crippen molar-refractivity contribution in [2.75, 3.05) is 13.1 Å². The van der Waals surface area contributed by atoms with Crippen LogP contribution in [-0.2, 0) is 17.6 Å². The number of amides is 2. The van der Waals surface area contributed by atoms with Crippen LogP contribution < -0.4 is 5.48 Å². The lowest BCUT2D eigenvalue weighted by atomic mass is 9.70. The van der Waals surface area contributed by atoms with Crippen LogP contribution in [0.15, 0.2) is 18.2 Å². The Balaban J connectivity index is 1.82. The van der Waals surface area contributed by atoms with Crippen molar-refractivity contribution in [3.8, 4) is 0 Å². The lowest BCUT2D eigenvalue weighted by molar-refractivity contribution is -0.128. The minimum Gasteiger partial charge on any atom is -0.342 e. The molecule has 23 heavy (non-hydrogen) atoms. The first-order valence-electron chi connectivity index (χ1n) is 8.26. The molecule has 5 nitrogen and oxygen atoms in total. The van der Waals surface area contributed by atoms with Gasteiger partial charge < -0.3 is 4.90 Å². The highest BCUT2D eigenvalue weighted by Crippen LogP contribution is 2.43. The van der Waals surface area contributed by atoms with E-state index in [0.717, 1.165) is 37.9 Å². The Bertz CT molecular complexity index is 641. The summed E-state index contributed by atoms with van der Waals surface area (Å²) in [6.45, 7) is 5.91. The molecule has 2 N–H and O–H groups in total. The maximum atomic E-state index is 12.3. The third-order valence-corrected chi connectivity index (χ3v) is 5.05. The van der Waals surface area contributed by atoms with Gasteiger partial charge in [-0.05, 0) is 48.4 Å². The van der Waals surface area contributed by atoms with Gasteiger partial charge in [0.1, 0.15) is 0 Å². The second-order valence-electron chi connectivity index (χ2n) is 7.45. The predicted octanol–water partition coefficient (Wildman–Crippen LogP) is 2.17. The summed E-state index contributed by atoms with van der Waals surface area (Å²) in [6, 6.07) is 5.57. The van der Waals surface area contributed by atoms with Crippen LogP contribution in [0.1, 0.15) is 48.2 Å². The van der Waals surface area contributed by atoms with Gasteiger partial charge in [0, 0.05) is 30.5 Å². The van der Waals surface area contributed by atoms with Crippen LogP contribution in [0.3, 0.4) is 0 Å². The number of rotatable bonds is 3. The van der Waals surface area contributed by atoms with E-state index in [1.807, 2.05) is 17.0 Å². The van der Waals surface area contributed by atoms with Gasteiger partial charge in [-0.2, -0.15) is 0 Å². The number of nitrogens with zero attached hydrogens (tertiary/aromatic N) is 1. The zero-order valence-corrected chi connectivity index (χ0v) is 13.8. The van der Waals surface area contributed by atoms with Gasteiger partial charge in [0.25, 0.3) is 5.91 Å². The first kappa shape index (κ1) is 16.0. The summed E-state index contributed by atoms with van der Waals surface area (Å²) in [5, 5.41) is 8.80. The van der Waals surface area contributed by atoms with Gasteiger partial charge in [0.2, 0.25) is 5.91 Å². The van der Waals surface area contributed by atoms with E-state index < -0.39 is 5.91 Å². The molecule has 1 aliphatic heterocycles. The number of carbonyl (C=O) groups is 2. The number of nitrogens with one attached hydrogen (secondary N) is 1. The Morgan fingerprint density at radius 1 is 1.35 bits per heavy atom. The van der Waals surface area contributed by atoms with E-state index in [-0.39, 0.29) is 11.3 Å². The topological polar surface area (TPSA) is 69.6 Å². The number of hydrogen-bond donors (Lipinski definition) is 2. The molecule has 0 radical (unpaired) electrons. The summed E-state index contributed by atoms with van der Waals surface area (Å²) in [4.78, 5) is 26.0. The third-order valence-electron chi connectivity index (χ3n) is 5.05. The minimum atomic E-state index is -0.489. The quantitative estimate of drug-likeness (QED) is 0.663. The van der Waals surface area contributed by atoms with E-state index in [2.05, 4.69) is 13.8 Å². The maximum Gasteiger partial charge on any atom is 0.274 e. The van der Waals surface area contributed by atoms with Crippen molar-refractivity contribution in [1.82, 2.24) is 10.4 Å². The average Bonchev–Trinajstić information content (AvgIpc) is 2.80. The summed E-state index contributed by atoms with van der Waals surface area (Å²) in [5.74, 6) is 0.243. The van der Waals surface area contributed by atoms with Crippen molar-refractivity contribution in [2.24, 2.45) is 11.3 Å². The van der Waals surface area contributed by atoms with E-state index in [1.165, 1.54) is 5.56 Å². The minimum absolute atomic E-state index is 0.00723. The summed E-state index contributed by atoms with van der Waals surface area (Å²) in [5.41, 5.74) is 4.54. The van der Waals surface area contributed by atoms with Crippen molar-refractivity contribution in [2.45, 2.75) is 39.5 Å². The molecule has 1 aliphatic carbocycles. The molecule has 1 saturated heterocycles. The number of carbonyl (C=O) groups excluding carboxylic acids is 2. The number of likely N-dealkylation sites (tertiary alicyclic amines) is 1. The fraction of sp³-hybridized carbons (Fsp3) is 0.556. The highest BCUT2D eigenvalue weighted by molar-refractivity contribution is 5.93. The van der Waals surface area contributed by atoms with Gasteiger partial charge >= 0.3 is 0 Å². The number of fused-ring (bicyclic) bond motifs is 1. The Kier molecular flexibility index (Phi) is 4.15. The molecule has 2 amide bonds. The molecule has 5 heteroatoms. The molecule has 1 heterocycles. The molecule has 0 aromatic heterocycles. The van der Waals surface area contributed by atoms with Crippen molar-refractivity contribution >= 4 is 11.8 Å². The van der Waals surface area contributed by atoms with Crippen LogP contribution >= 0.6 is 0 Å². The van der Waals surface area contributed by atoms with Crippen LogP contribution in [0.25, 0.3) is 0 Å². The first-order valence-corrected chi connectivity index (χ1v) is 8.26. The van der Waals surface area contributed by atoms with Gasteiger partial charge in [-0.15, -0.1) is 0 Å². The standard InChI is InChI=1S/C18H24N2O3/c1-12(2)10-20-11-18(9-16(20)21)6-5-13-3-4-14(17(22)19-23)7-15(13)8-18/h3-4,7,12,23H,5-6,8-11H2,1-2H3,(H,19,22). The number of aryl methyl sites for hydroxylation is 1. The smallest absolute Gasteiger partial charge is 0.274 e. The molecule has 0 bridgehead atoms. The average molecular weight is 316 g/mol. The molecule has 1 fully saturated rings. The summed E-state index contributed by atoms with van der Waals surface area (Å²) >= 11 is 0. The largest absolute Gasteiger partial charge is 0.342 e. The highest BCUT2D eigenvalue weighted by atomic mass is 16.5. The van der Waals surface area contributed by atoms with Crippen LogP contribution in [0.4, 0.5) is 0 Å². The van der Waals surface area contributed by atoms with Crippen LogP contribution in [0.2, 0.25) is 0 Å². The summed E-state index contributed by atoms with van der Waals surface area (Å²) in [7, 11) is 0. The van der Waals surface area contributed by atoms with Crippen molar-refractivity contribution < 1.29 is 14.8 Å². The van der Waals surface area contributed by atoms with Gasteiger partial charge in [-0.1, -0.05) is 19.9 Å². The molecule has 0 saturated carbocycles. The summed E-state index contributed by atoms with van der Waals surface area (Å²) < 4.78 is 0. The van der Waals surface area contributed by atoms with Crippen molar-refractivity contribution in [3.63, 3.8) is 0 Å². The second kappa shape index (κ2) is 5.96. The molecule has 3 rings (SSSR count). The van der Waals surface area contributed by atoms with Crippen LogP contribution in [0.5, 0.6) is 0 Å². The number of benzene rings is 1. The van der Waals surface area contributed by atoms with Gasteiger partial charge in [0.05, 0.1) is 0 Å². The molecule has 1 aromatic carbocycles. The lowest BCUT2D eigenvalue weighted by Crippen LogP contribution is -2.34. The Morgan fingerprint density at radius 3 is 2.83 bits per heavy atom. The maximum absolute atomic E-state index is 12.3. The van der Waals surface area contributed by atoms with E-state index in [4.69, 9.17) is 5.21 Å². The molecule has 1 aromatic rings. The fourth-order valence-electron chi connectivity index (χ4n) is 4.01. The fourth-order valence-corrected chi connectivity index (χ4v) is 4.01. The predicted molar refractivity (Wildman–Crippen MR) is 86.2 cm³/mol. The normalized spacial score (nSPS) is 23.5. The molecule has 1 unspecified atom stereocenters. The zero-order chi connectivity index (χ0) is 16.6. The number of hydrogen-bond acceptors (Lipinski definition) is 3. The molecule has 1 spiro atoms. The molecule has 124 valence electrons. The second-order valence-corrected chi connectivity index (χ2v) is 7.45. The summed E-state index contributed by atoms with van der Waals surface area (Å²) in [6.07, 6.45) is 3.40. The van der Waals surface area contributed by atoms with E-state index >= 15 is 0 Å². The van der Waals surface area contributed by atoms with Gasteiger partial charge in [0.15, 0.2) is 0 Å². The van der Waals surface area contributed by atoms with Crippen molar-refractivity contribution in [3.05, 3.63) is 34.9 Å². The zero-order valence-electron chi connectivity index (χ0n) is 13.8. The van der Waals surface area contributed by atoms with Crippen LogP contribution in [0, 0.1) is 11.3 Å². The SMILES string of the molecule is CC(C)CN1CC2(CCc3ccc(C(=O)NO)cc3C2)CC1=O. The highest BCUT2D eigenvalue weighted by Gasteiger charge is 2.44. The lowest BCUT2D eigenvalue weighted by Gasteiger charge is -2.34. The molecular formula is C18H24N2O3. The number of hydroxylamine groups is 1. The monoisotopic (exact) mass is 316 g/mol. The molecule has 1 atom stereocenters. The van der Waals surface area contributed by atoms with E-state index in [1.54, 1.807) is 11.5 Å². The molecule has 2 aliphatic rings. The van der Waals surface area contributed by atoms with Crippen molar-refractivity contribution in [1.29, 1.82) is 0 Å². The Labute approximate surface area is 136 Å². The third kappa shape index (κ3) is 3.11. The van der Waals surface area contributed by atoms with Gasteiger partial charge in [-0.25, -0.2) is 5.48 Å². The van der Waals surface area contributed by atoms with E-state index in [9.17, 15) is 9.59 Å². The van der Waals surface area contributed by atoms with Gasteiger partial charge in [-0.3, -0.25) is 14.8 Å². The van der Waals surface area contributed by atoms with E-state index in [0.29, 0.717) is 17.9 Å². The molecular weight excluding hydrogens is 292 g/mol. The first-order chi connectivity index (χ1) is 10.9.